The standard InChI is InChI=1S/C19H28FN/c1-5-6-7-14(2)15(3)8-9-16(4)17-10-11-18(13-21)19(20)12-17/h10-12,14-16H,5-9H2,1-4H3. The Morgan fingerprint density at radius 1 is 1.10 bits per heavy atom. The molecule has 1 nitrogen and oxygen atoms in total. The van der Waals surface area contributed by atoms with Gasteiger partial charge in [-0.25, -0.2) is 4.39 Å². The molecule has 3 atom stereocenters. The summed E-state index contributed by atoms with van der Waals surface area (Å²) < 4.78 is 13.7. The molecule has 0 bridgehead atoms. The fraction of sp³-hybridized carbons (Fsp3) is 0.632. The van der Waals surface area contributed by atoms with Crippen molar-refractivity contribution >= 4 is 0 Å². The lowest BCUT2D eigenvalue weighted by Gasteiger charge is -2.21. The summed E-state index contributed by atoms with van der Waals surface area (Å²) in [6, 6.07) is 6.87. The van der Waals surface area contributed by atoms with E-state index in [2.05, 4.69) is 27.7 Å². The summed E-state index contributed by atoms with van der Waals surface area (Å²) in [5.41, 5.74) is 1.13. The summed E-state index contributed by atoms with van der Waals surface area (Å²) in [6.07, 6.45) is 6.12. The SMILES string of the molecule is CCCCC(C)C(C)CCC(C)c1ccc(C#N)c(F)c1. The van der Waals surface area contributed by atoms with Gasteiger partial charge >= 0.3 is 0 Å². The minimum Gasteiger partial charge on any atom is -0.206 e. The molecule has 0 aliphatic rings. The molecule has 116 valence electrons. The van der Waals surface area contributed by atoms with Gasteiger partial charge in [-0.3, -0.25) is 0 Å². The van der Waals surface area contributed by atoms with Crippen molar-refractivity contribution in [3.05, 3.63) is 35.1 Å². The van der Waals surface area contributed by atoms with Gasteiger partial charge in [0.2, 0.25) is 0 Å². The lowest BCUT2D eigenvalue weighted by Crippen LogP contribution is -2.09. The average molecular weight is 289 g/mol. The third-order valence-corrected chi connectivity index (χ3v) is 4.72. The normalized spacial score (nSPS) is 15.2. The van der Waals surface area contributed by atoms with E-state index < -0.39 is 5.82 Å². The van der Waals surface area contributed by atoms with Gasteiger partial charge < -0.3 is 0 Å². The van der Waals surface area contributed by atoms with E-state index in [1.165, 1.54) is 31.7 Å². The highest BCUT2D eigenvalue weighted by Gasteiger charge is 2.15. The predicted octanol–water partition coefficient (Wildman–Crippen LogP) is 6.04. The van der Waals surface area contributed by atoms with Crippen molar-refractivity contribution in [3.63, 3.8) is 0 Å². The zero-order valence-electron chi connectivity index (χ0n) is 13.8. The number of benzene rings is 1. The van der Waals surface area contributed by atoms with E-state index in [1.54, 1.807) is 6.07 Å². The Morgan fingerprint density at radius 2 is 1.76 bits per heavy atom. The van der Waals surface area contributed by atoms with Crippen molar-refractivity contribution in [2.75, 3.05) is 0 Å². The van der Waals surface area contributed by atoms with Gasteiger partial charge in [0.05, 0.1) is 5.56 Å². The molecule has 0 aliphatic heterocycles. The zero-order chi connectivity index (χ0) is 15.8. The summed E-state index contributed by atoms with van der Waals surface area (Å²) in [6.45, 7) is 9.04. The molecule has 1 aromatic carbocycles. The molecule has 0 amide bonds. The van der Waals surface area contributed by atoms with Gasteiger partial charge in [-0.1, -0.05) is 53.0 Å². The van der Waals surface area contributed by atoms with E-state index in [0.29, 0.717) is 11.8 Å². The molecule has 3 unspecified atom stereocenters. The molecular formula is C19H28FN. The van der Waals surface area contributed by atoms with Crippen LogP contribution < -0.4 is 0 Å². The predicted molar refractivity (Wildman–Crippen MR) is 86.6 cm³/mol. The smallest absolute Gasteiger partial charge is 0.141 e. The number of nitrogens with zero attached hydrogens (tertiary/aromatic N) is 1. The van der Waals surface area contributed by atoms with Crippen LogP contribution in [-0.2, 0) is 0 Å². The summed E-state index contributed by atoms with van der Waals surface area (Å²) in [7, 11) is 0. The topological polar surface area (TPSA) is 23.8 Å². The van der Waals surface area contributed by atoms with E-state index in [1.807, 2.05) is 12.1 Å². The molecule has 0 N–H and O–H groups in total. The van der Waals surface area contributed by atoms with Crippen LogP contribution in [0.4, 0.5) is 4.39 Å². The van der Waals surface area contributed by atoms with Crippen LogP contribution in [-0.4, -0.2) is 0 Å². The Balaban J connectivity index is 2.52. The summed E-state index contributed by atoms with van der Waals surface area (Å²) in [4.78, 5) is 0. The van der Waals surface area contributed by atoms with Crippen LogP contribution >= 0.6 is 0 Å². The number of rotatable bonds is 8. The van der Waals surface area contributed by atoms with Crippen LogP contribution in [0.15, 0.2) is 18.2 Å². The lowest BCUT2D eigenvalue weighted by atomic mass is 9.84. The quantitative estimate of drug-likeness (QED) is 0.572. The maximum Gasteiger partial charge on any atom is 0.141 e. The molecule has 1 rings (SSSR count). The highest BCUT2D eigenvalue weighted by Crippen LogP contribution is 2.28. The van der Waals surface area contributed by atoms with Gasteiger partial charge in [-0.05, 0) is 48.3 Å². The van der Waals surface area contributed by atoms with Crippen LogP contribution in [0.2, 0.25) is 0 Å². The fourth-order valence-corrected chi connectivity index (χ4v) is 2.70. The maximum atomic E-state index is 13.7. The Labute approximate surface area is 129 Å². The second-order valence-electron chi connectivity index (χ2n) is 6.43. The van der Waals surface area contributed by atoms with Gasteiger partial charge in [0.1, 0.15) is 11.9 Å². The van der Waals surface area contributed by atoms with Crippen molar-refractivity contribution in [2.24, 2.45) is 11.8 Å². The van der Waals surface area contributed by atoms with Crippen molar-refractivity contribution in [2.45, 2.75) is 65.7 Å². The van der Waals surface area contributed by atoms with Gasteiger partial charge in [0, 0.05) is 0 Å². The molecule has 0 spiro atoms. The van der Waals surface area contributed by atoms with Crippen molar-refractivity contribution in [3.8, 4) is 6.07 Å². The first-order valence-corrected chi connectivity index (χ1v) is 8.19. The minimum atomic E-state index is -0.397. The molecule has 0 saturated heterocycles. The van der Waals surface area contributed by atoms with Gasteiger partial charge in [0.25, 0.3) is 0 Å². The first-order valence-electron chi connectivity index (χ1n) is 8.19. The Morgan fingerprint density at radius 3 is 2.33 bits per heavy atom. The minimum absolute atomic E-state index is 0.132. The fourth-order valence-electron chi connectivity index (χ4n) is 2.70. The highest BCUT2D eigenvalue weighted by atomic mass is 19.1. The largest absolute Gasteiger partial charge is 0.206 e. The van der Waals surface area contributed by atoms with Crippen molar-refractivity contribution < 1.29 is 4.39 Å². The van der Waals surface area contributed by atoms with E-state index in [-0.39, 0.29) is 5.56 Å². The molecular weight excluding hydrogens is 261 g/mol. The maximum absolute atomic E-state index is 13.7. The Hall–Kier alpha value is -1.36. The molecule has 0 saturated carbocycles. The lowest BCUT2D eigenvalue weighted by molar-refractivity contribution is 0.323. The monoisotopic (exact) mass is 289 g/mol. The van der Waals surface area contributed by atoms with E-state index in [0.717, 1.165) is 17.9 Å². The van der Waals surface area contributed by atoms with Crippen LogP contribution in [0.3, 0.4) is 0 Å². The number of unbranched alkanes of at least 4 members (excludes halogenated alkanes) is 1. The van der Waals surface area contributed by atoms with Crippen molar-refractivity contribution in [1.29, 1.82) is 5.26 Å². The molecule has 21 heavy (non-hydrogen) atoms. The second-order valence-corrected chi connectivity index (χ2v) is 6.43. The Kier molecular flexibility index (Phi) is 7.43. The summed E-state index contributed by atoms with van der Waals surface area (Å²) in [5, 5.41) is 8.77. The molecule has 0 aliphatic carbocycles. The van der Waals surface area contributed by atoms with Crippen LogP contribution in [0, 0.1) is 29.0 Å². The first-order chi connectivity index (χ1) is 9.99. The highest BCUT2D eigenvalue weighted by molar-refractivity contribution is 5.34. The molecule has 0 fully saturated rings. The molecule has 0 radical (unpaired) electrons. The van der Waals surface area contributed by atoms with E-state index in [4.69, 9.17) is 5.26 Å². The second kappa shape index (κ2) is 8.82. The third-order valence-electron chi connectivity index (χ3n) is 4.72. The van der Waals surface area contributed by atoms with Gasteiger partial charge in [-0.15, -0.1) is 0 Å². The summed E-state index contributed by atoms with van der Waals surface area (Å²) in [5.74, 6) is 1.41. The van der Waals surface area contributed by atoms with Crippen LogP contribution in [0.1, 0.15) is 76.8 Å². The first kappa shape index (κ1) is 17.7. The number of halogens is 1. The van der Waals surface area contributed by atoms with Crippen molar-refractivity contribution in [1.82, 2.24) is 0 Å². The van der Waals surface area contributed by atoms with E-state index in [9.17, 15) is 4.39 Å². The molecule has 1 aromatic rings. The van der Waals surface area contributed by atoms with Crippen LogP contribution in [0.5, 0.6) is 0 Å². The zero-order valence-corrected chi connectivity index (χ0v) is 13.8. The average Bonchev–Trinajstić information content (AvgIpc) is 2.49. The van der Waals surface area contributed by atoms with Gasteiger partial charge in [0.15, 0.2) is 0 Å². The van der Waals surface area contributed by atoms with Gasteiger partial charge in [-0.2, -0.15) is 5.26 Å². The number of hydrogen-bond donors (Lipinski definition) is 0. The van der Waals surface area contributed by atoms with E-state index >= 15 is 0 Å². The summed E-state index contributed by atoms with van der Waals surface area (Å²) >= 11 is 0. The molecule has 2 heteroatoms. The molecule has 0 aromatic heterocycles. The third kappa shape index (κ3) is 5.50. The number of nitriles is 1. The molecule has 0 heterocycles. The van der Waals surface area contributed by atoms with Crippen LogP contribution in [0.25, 0.3) is 0 Å². The number of hydrogen-bond acceptors (Lipinski definition) is 1. The Bertz CT molecular complexity index is 475.